The molecule has 0 spiro atoms. The van der Waals surface area contributed by atoms with E-state index in [0.29, 0.717) is 11.8 Å². The van der Waals surface area contributed by atoms with Crippen molar-refractivity contribution in [3.05, 3.63) is 35.9 Å². The molecule has 0 aliphatic heterocycles. The Morgan fingerprint density at radius 2 is 1.81 bits per heavy atom. The van der Waals surface area contributed by atoms with Crippen LogP contribution in [0.25, 0.3) is 0 Å². The fourth-order valence-corrected chi connectivity index (χ4v) is 3.27. The molecule has 0 saturated heterocycles. The normalized spacial score (nSPS) is 28.3. The van der Waals surface area contributed by atoms with E-state index < -0.39 is 18.6 Å². The van der Waals surface area contributed by atoms with Gasteiger partial charge in [-0.2, -0.15) is 13.2 Å². The van der Waals surface area contributed by atoms with Crippen molar-refractivity contribution in [2.24, 2.45) is 11.8 Å². The lowest BCUT2D eigenvalue weighted by Gasteiger charge is -2.37. The van der Waals surface area contributed by atoms with E-state index >= 15 is 0 Å². The van der Waals surface area contributed by atoms with E-state index in [4.69, 9.17) is 0 Å². The SMILES string of the molecule is CC1CCCC(NC(CC(F)(F)F)c2ccccc2)C1C. The smallest absolute Gasteiger partial charge is 0.307 e. The number of hydrogen-bond donors (Lipinski definition) is 1. The molecule has 1 N–H and O–H groups in total. The maximum Gasteiger partial charge on any atom is 0.390 e. The van der Waals surface area contributed by atoms with Gasteiger partial charge in [0, 0.05) is 12.1 Å². The molecule has 0 bridgehead atoms. The lowest BCUT2D eigenvalue weighted by Crippen LogP contribution is -2.43. The predicted octanol–water partition coefficient (Wildman–Crippen LogP) is 5.09. The highest BCUT2D eigenvalue weighted by Crippen LogP contribution is 2.34. The van der Waals surface area contributed by atoms with E-state index in [9.17, 15) is 13.2 Å². The molecule has 1 aliphatic rings. The van der Waals surface area contributed by atoms with Gasteiger partial charge in [-0.1, -0.05) is 57.0 Å². The van der Waals surface area contributed by atoms with Crippen molar-refractivity contribution < 1.29 is 13.2 Å². The van der Waals surface area contributed by atoms with Gasteiger partial charge < -0.3 is 5.32 Å². The maximum atomic E-state index is 12.9. The Hall–Kier alpha value is -1.03. The lowest BCUT2D eigenvalue weighted by molar-refractivity contribution is -0.141. The first-order valence-electron chi connectivity index (χ1n) is 7.74. The first-order valence-corrected chi connectivity index (χ1v) is 7.74. The first-order chi connectivity index (χ1) is 9.87. The molecular formula is C17H24F3N. The van der Waals surface area contributed by atoms with E-state index in [2.05, 4.69) is 19.2 Å². The van der Waals surface area contributed by atoms with Crippen LogP contribution >= 0.6 is 0 Å². The van der Waals surface area contributed by atoms with Crippen LogP contribution in [0.1, 0.15) is 51.1 Å². The Kier molecular flexibility index (Phi) is 5.31. The van der Waals surface area contributed by atoms with Gasteiger partial charge in [-0.15, -0.1) is 0 Å². The van der Waals surface area contributed by atoms with Crippen molar-refractivity contribution in [3.63, 3.8) is 0 Å². The number of hydrogen-bond acceptors (Lipinski definition) is 1. The van der Waals surface area contributed by atoms with Crippen LogP contribution in [0.2, 0.25) is 0 Å². The number of alkyl halides is 3. The minimum atomic E-state index is -4.16. The van der Waals surface area contributed by atoms with Crippen LogP contribution in [0.4, 0.5) is 13.2 Å². The number of halogens is 3. The third-order valence-corrected chi connectivity index (χ3v) is 4.76. The Labute approximate surface area is 124 Å². The summed E-state index contributed by atoms with van der Waals surface area (Å²) in [5.74, 6) is 0.983. The molecule has 4 heteroatoms. The Morgan fingerprint density at radius 1 is 1.14 bits per heavy atom. The molecule has 0 radical (unpaired) electrons. The highest BCUT2D eigenvalue weighted by atomic mass is 19.4. The summed E-state index contributed by atoms with van der Waals surface area (Å²) in [5.41, 5.74) is 0.722. The molecule has 2 rings (SSSR count). The van der Waals surface area contributed by atoms with Crippen molar-refractivity contribution in [2.75, 3.05) is 0 Å². The van der Waals surface area contributed by atoms with Crippen molar-refractivity contribution in [2.45, 2.75) is 57.8 Å². The Bertz CT molecular complexity index is 429. The standard InChI is InChI=1S/C17H24F3N/c1-12-7-6-10-15(13(12)2)21-16(11-17(18,19)20)14-8-4-3-5-9-14/h3-5,8-9,12-13,15-16,21H,6-7,10-11H2,1-2H3. The number of rotatable bonds is 4. The molecule has 0 amide bonds. The molecule has 0 heterocycles. The molecule has 21 heavy (non-hydrogen) atoms. The molecule has 0 aromatic heterocycles. The summed E-state index contributed by atoms with van der Waals surface area (Å²) in [4.78, 5) is 0. The fraction of sp³-hybridized carbons (Fsp3) is 0.647. The summed E-state index contributed by atoms with van der Waals surface area (Å²) in [6, 6.07) is 8.51. The van der Waals surface area contributed by atoms with Gasteiger partial charge in [0.1, 0.15) is 0 Å². The molecule has 1 aromatic carbocycles. The van der Waals surface area contributed by atoms with E-state index in [0.717, 1.165) is 18.4 Å². The molecule has 4 atom stereocenters. The Morgan fingerprint density at radius 3 is 2.43 bits per heavy atom. The molecule has 1 aromatic rings. The highest BCUT2D eigenvalue weighted by molar-refractivity contribution is 5.19. The van der Waals surface area contributed by atoms with Crippen molar-refractivity contribution in [1.82, 2.24) is 5.32 Å². The van der Waals surface area contributed by atoms with Gasteiger partial charge in [-0.25, -0.2) is 0 Å². The summed E-state index contributed by atoms with van der Waals surface area (Å²) < 4.78 is 38.6. The summed E-state index contributed by atoms with van der Waals surface area (Å²) in [6.45, 7) is 4.34. The van der Waals surface area contributed by atoms with E-state index in [1.54, 1.807) is 24.3 Å². The summed E-state index contributed by atoms with van der Waals surface area (Å²) in [6.07, 6.45) is -1.73. The van der Waals surface area contributed by atoms with Gasteiger partial charge in [0.25, 0.3) is 0 Å². The number of nitrogens with one attached hydrogen (secondary N) is 1. The monoisotopic (exact) mass is 299 g/mol. The summed E-state index contributed by atoms with van der Waals surface area (Å²) in [7, 11) is 0. The zero-order valence-corrected chi connectivity index (χ0v) is 12.7. The second-order valence-electron chi connectivity index (χ2n) is 6.32. The van der Waals surface area contributed by atoms with Gasteiger partial charge in [0.2, 0.25) is 0 Å². The minimum Gasteiger partial charge on any atom is -0.307 e. The van der Waals surface area contributed by atoms with Gasteiger partial charge in [-0.3, -0.25) is 0 Å². The minimum absolute atomic E-state index is 0.168. The zero-order valence-electron chi connectivity index (χ0n) is 12.7. The second-order valence-corrected chi connectivity index (χ2v) is 6.32. The van der Waals surface area contributed by atoms with Gasteiger partial charge in [-0.05, 0) is 23.8 Å². The average Bonchev–Trinajstić information content (AvgIpc) is 2.42. The topological polar surface area (TPSA) is 12.0 Å². The van der Waals surface area contributed by atoms with E-state index in [-0.39, 0.29) is 6.04 Å². The summed E-state index contributed by atoms with van der Waals surface area (Å²) >= 11 is 0. The van der Waals surface area contributed by atoms with E-state index in [1.807, 2.05) is 6.07 Å². The van der Waals surface area contributed by atoms with Gasteiger partial charge >= 0.3 is 6.18 Å². The molecule has 118 valence electrons. The van der Waals surface area contributed by atoms with Crippen molar-refractivity contribution in [3.8, 4) is 0 Å². The van der Waals surface area contributed by atoms with Gasteiger partial charge in [0.05, 0.1) is 6.42 Å². The molecule has 1 fully saturated rings. The van der Waals surface area contributed by atoms with Crippen LogP contribution in [-0.4, -0.2) is 12.2 Å². The average molecular weight is 299 g/mol. The van der Waals surface area contributed by atoms with Crippen LogP contribution in [0, 0.1) is 11.8 Å². The fourth-order valence-electron chi connectivity index (χ4n) is 3.27. The third kappa shape index (κ3) is 4.73. The molecule has 1 aliphatic carbocycles. The zero-order chi connectivity index (χ0) is 15.5. The van der Waals surface area contributed by atoms with Gasteiger partial charge in [0.15, 0.2) is 0 Å². The summed E-state index contributed by atoms with van der Waals surface area (Å²) in [5, 5.41) is 3.29. The van der Waals surface area contributed by atoms with Crippen LogP contribution in [0.3, 0.4) is 0 Å². The van der Waals surface area contributed by atoms with Crippen LogP contribution in [0.15, 0.2) is 30.3 Å². The third-order valence-electron chi connectivity index (χ3n) is 4.76. The maximum absolute atomic E-state index is 12.9. The van der Waals surface area contributed by atoms with E-state index in [1.165, 1.54) is 6.42 Å². The largest absolute Gasteiger partial charge is 0.390 e. The molecule has 4 unspecified atom stereocenters. The highest BCUT2D eigenvalue weighted by Gasteiger charge is 2.35. The van der Waals surface area contributed by atoms with Crippen molar-refractivity contribution >= 4 is 0 Å². The van der Waals surface area contributed by atoms with Crippen LogP contribution in [0.5, 0.6) is 0 Å². The predicted molar refractivity (Wildman–Crippen MR) is 79.0 cm³/mol. The van der Waals surface area contributed by atoms with Crippen LogP contribution in [-0.2, 0) is 0 Å². The Balaban J connectivity index is 2.12. The second kappa shape index (κ2) is 6.82. The quantitative estimate of drug-likeness (QED) is 0.816. The first kappa shape index (κ1) is 16.3. The molecule has 1 nitrogen and oxygen atoms in total. The molecule has 1 saturated carbocycles. The van der Waals surface area contributed by atoms with Crippen molar-refractivity contribution in [1.29, 1.82) is 0 Å². The lowest BCUT2D eigenvalue weighted by atomic mass is 9.77. The van der Waals surface area contributed by atoms with Crippen LogP contribution < -0.4 is 5.32 Å². The molecular weight excluding hydrogens is 275 g/mol. The number of benzene rings is 1.